The zero-order valence-corrected chi connectivity index (χ0v) is 15.0. The van der Waals surface area contributed by atoms with Gasteiger partial charge in [0.15, 0.2) is 5.69 Å². The minimum Gasteiger partial charge on any atom is -0.476 e. The Hall–Kier alpha value is -3.89. The molecule has 1 atom stereocenters. The van der Waals surface area contributed by atoms with Crippen LogP contribution in [0.4, 0.5) is 14.7 Å². The number of benzene rings is 1. The van der Waals surface area contributed by atoms with Gasteiger partial charge in [-0.1, -0.05) is 0 Å². The van der Waals surface area contributed by atoms with Gasteiger partial charge in [-0.2, -0.15) is 13.9 Å². The van der Waals surface area contributed by atoms with Crippen molar-refractivity contribution in [2.24, 2.45) is 0 Å². The number of carbonyl (C=O) groups is 2. The summed E-state index contributed by atoms with van der Waals surface area (Å²) in [7, 11) is 0. The Morgan fingerprint density at radius 2 is 1.90 bits per heavy atom. The van der Waals surface area contributed by atoms with Crippen molar-refractivity contribution < 1.29 is 28.2 Å². The van der Waals surface area contributed by atoms with Gasteiger partial charge in [0.25, 0.3) is 5.91 Å². The van der Waals surface area contributed by atoms with Crippen LogP contribution in [-0.4, -0.2) is 43.3 Å². The number of aromatic carboxylic acids is 1. The predicted octanol–water partition coefficient (Wildman–Crippen LogP) is 2.84. The third kappa shape index (κ3) is 4.89. The highest BCUT2D eigenvalue weighted by Gasteiger charge is 2.19. The van der Waals surface area contributed by atoms with Crippen LogP contribution in [0.1, 0.15) is 23.5 Å². The van der Waals surface area contributed by atoms with Crippen LogP contribution in [0.2, 0.25) is 0 Å². The normalized spacial score (nSPS) is 11.9. The highest BCUT2D eigenvalue weighted by Crippen LogP contribution is 2.22. The zero-order valence-electron chi connectivity index (χ0n) is 15.0. The molecule has 2 heterocycles. The van der Waals surface area contributed by atoms with Crippen LogP contribution in [-0.2, 0) is 4.79 Å². The molecule has 1 unspecified atom stereocenters. The van der Waals surface area contributed by atoms with Gasteiger partial charge < -0.3 is 9.84 Å². The van der Waals surface area contributed by atoms with E-state index in [0.717, 1.165) is 0 Å². The predicted molar refractivity (Wildman–Crippen MR) is 96.6 cm³/mol. The van der Waals surface area contributed by atoms with Crippen LogP contribution in [0.25, 0.3) is 11.3 Å². The molecule has 9 nitrogen and oxygen atoms in total. The fourth-order valence-corrected chi connectivity index (χ4v) is 2.39. The molecule has 0 spiro atoms. The minimum atomic E-state index is -2.91. The van der Waals surface area contributed by atoms with Gasteiger partial charge in [0.05, 0.1) is 5.69 Å². The molecule has 0 bridgehead atoms. The number of aromatic nitrogens is 4. The van der Waals surface area contributed by atoms with Crippen LogP contribution in [0, 0.1) is 0 Å². The summed E-state index contributed by atoms with van der Waals surface area (Å²) in [6.45, 7) is -1.37. The average molecular weight is 403 g/mol. The van der Waals surface area contributed by atoms with Crippen LogP contribution < -0.4 is 10.1 Å². The first-order valence-corrected chi connectivity index (χ1v) is 8.31. The van der Waals surface area contributed by atoms with E-state index < -0.39 is 24.5 Å². The lowest BCUT2D eigenvalue weighted by molar-refractivity contribution is -0.119. The lowest BCUT2D eigenvalue weighted by Gasteiger charge is -2.12. The minimum absolute atomic E-state index is 0.0140. The maximum atomic E-state index is 12.4. The molecule has 0 aliphatic rings. The molecule has 1 amide bonds. The quantitative estimate of drug-likeness (QED) is 0.622. The standard InChI is InChI=1S/C18H15F2N5O4/c1-10(25-9-7-14(24-25)16(27)28)15(26)23-18-21-8-6-13(22-18)11-2-4-12(5-3-11)29-17(19)20/h2-10,17H,1H3,(H,27,28)(H,21,22,23,26). The molecular formula is C18H15F2N5O4. The van der Waals surface area contributed by atoms with Gasteiger partial charge in [-0.15, -0.1) is 0 Å². The van der Waals surface area contributed by atoms with Crippen LogP contribution >= 0.6 is 0 Å². The fraction of sp³-hybridized carbons (Fsp3) is 0.167. The van der Waals surface area contributed by atoms with Crippen molar-refractivity contribution in [3.8, 4) is 17.0 Å². The summed E-state index contributed by atoms with van der Waals surface area (Å²) < 4.78 is 30.0. The molecular weight excluding hydrogens is 388 g/mol. The number of alkyl halides is 2. The fourth-order valence-electron chi connectivity index (χ4n) is 2.39. The summed E-state index contributed by atoms with van der Waals surface area (Å²) in [6.07, 6.45) is 2.82. The lowest BCUT2D eigenvalue weighted by atomic mass is 10.1. The molecule has 1 aromatic carbocycles. The van der Waals surface area contributed by atoms with E-state index in [0.29, 0.717) is 11.3 Å². The molecule has 0 radical (unpaired) electrons. The Kier molecular flexibility index (Phi) is 5.77. The van der Waals surface area contributed by atoms with E-state index in [-0.39, 0.29) is 17.4 Å². The van der Waals surface area contributed by atoms with Gasteiger partial charge in [-0.05, 0) is 43.3 Å². The first-order chi connectivity index (χ1) is 13.8. The molecule has 3 rings (SSSR count). The average Bonchev–Trinajstić information content (AvgIpc) is 3.18. The molecule has 0 saturated heterocycles. The lowest BCUT2D eigenvalue weighted by Crippen LogP contribution is -2.25. The number of carboxylic acids is 1. The van der Waals surface area contributed by atoms with Gasteiger partial charge in [-0.25, -0.2) is 14.8 Å². The highest BCUT2D eigenvalue weighted by molar-refractivity contribution is 5.92. The van der Waals surface area contributed by atoms with E-state index in [4.69, 9.17) is 5.11 Å². The number of nitrogens with zero attached hydrogens (tertiary/aromatic N) is 4. The SMILES string of the molecule is CC(C(=O)Nc1nccc(-c2ccc(OC(F)F)cc2)n1)n1ccc(C(=O)O)n1. The summed E-state index contributed by atoms with van der Waals surface area (Å²) in [6, 6.07) is 7.92. The Labute approximate surface area is 163 Å². The third-order valence-electron chi connectivity index (χ3n) is 3.87. The Balaban J connectivity index is 1.71. The molecule has 29 heavy (non-hydrogen) atoms. The van der Waals surface area contributed by atoms with Crippen molar-refractivity contribution in [1.29, 1.82) is 0 Å². The third-order valence-corrected chi connectivity index (χ3v) is 3.87. The van der Waals surface area contributed by atoms with Crippen molar-refractivity contribution in [2.45, 2.75) is 19.6 Å². The second-order valence-electron chi connectivity index (χ2n) is 5.82. The van der Waals surface area contributed by atoms with E-state index in [1.54, 1.807) is 25.1 Å². The van der Waals surface area contributed by atoms with Gasteiger partial charge in [-0.3, -0.25) is 14.8 Å². The molecule has 0 aliphatic carbocycles. The van der Waals surface area contributed by atoms with E-state index in [1.165, 1.54) is 35.3 Å². The second-order valence-corrected chi connectivity index (χ2v) is 5.82. The molecule has 150 valence electrons. The largest absolute Gasteiger partial charge is 0.476 e. The van der Waals surface area contributed by atoms with Gasteiger partial charge in [0.2, 0.25) is 5.95 Å². The number of ether oxygens (including phenoxy) is 1. The summed E-state index contributed by atoms with van der Waals surface area (Å²) in [5.41, 5.74) is 0.886. The maximum Gasteiger partial charge on any atom is 0.387 e. The zero-order chi connectivity index (χ0) is 21.0. The maximum absolute atomic E-state index is 12.4. The van der Waals surface area contributed by atoms with Crippen molar-refractivity contribution in [2.75, 3.05) is 5.32 Å². The monoisotopic (exact) mass is 403 g/mol. The molecule has 3 aromatic rings. The van der Waals surface area contributed by atoms with Crippen molar-refractivity contribution >= 4 is 17.8 Å². The Morgan fingerprint density at radius 1 is 1.17 bits per heavy atom. The summed E-state index contributed by atoms with van der Waals surface area (Å²) in [5, 5.41) is 15.3. The summed E-state index contributed by atoms with van der Waals surface area (Å²) in [4.78, 5) is 31.5. The summed E-state index contributed by atoms with van der Waals surface area (Å²) >= 11 is 0. The topological polar surface area (TPSA) is 119 Å². The number of halogens is 2. The van der Waals surface area contributed by atoms with Crippen LogP contribution in [0.15, 0.2) is 48.8 Å². The molecule has 0 saturated carbocycles. The number of amides is 1. The van der Waals surface area contributed by atoms with E-state index >= 15 is 0 Å². The number of nitrogens with one attached hydrogen (secondary N) is 1. The van der Waals surface area contributed by atoms with Crippen LogP contribution in [0.3, 0.4) is 0 Å². The Bertz CT molecular complexity index is 1020. The number of rotatable bonds is 7. The first-order valence-electron chi connectivity index (χ1n) is 8.31. The van der Waals surface area contributed by atoms with Crippen molar-refractivity contribution in [3.63, 3.8) is 0 Å². The number of hydrogen-bond acceptors (Lipinski definition) is 6. The summed E-state index contributed by atoms with van der Waals surface area (Å²) in [5.74, 6) is -1.65. The number of carbonyl (C=O) groups excluding carboxylic acids is 1. The van der Waals surface area contributed by atoms with Gasteiger partial charge in [0.1, 0.15) is 11.8 Å². The Morgan fingerprint density at radius 3 is 2.52 bits per heavy atom. The van der Waals surface area contributed by atoms with Gasteiger partial charge in [0, 0.05) is 18.0 Å². The highest BCUT2D eigenvalue weighted by atomic mass is 19.3. The van der Waals surface area contributed by atoms with Gasteiger partial charge >= 0.3 is 12.6 Å². The van der Waals surface area contributed by atoms with E-state index in [9.17, 15) is 18.4 Å². The second kappa shape index (κ2) is 8.42. The van der Waals surface area contributed by atoms with Crippen LogP contribution in [0.5, 0.6) is 5.75 Å². The molecule has 11 heteroatoms. The van der Waals surface area contributed by atoms with Crippen molar-refractivity contribution in [1.82, 2.24) is 19.7 Å². The first kappa shape index (κ1) is 19.9. The molecule has 2 N–H and O–H groups in total. The molecule has 2 aromatic heterocycles. The molecule has 0 fully saturated rings. The number of anilines is 1. The van der Waals surface area contributed by atoms with Crippen molar-refractivity contribution in [3.05, 3.63) is 54.5 Å². The smallest absolute Gasteiger partial charge is 0.387 e. The number of hydrogen-bond donors (Lipinski definition) is 2. The van der Waals surface area contributed by atoms with E-state index in [2.05, 4.69) is 25.1 Å². The molecule has 0 aliphatic heterocycles. The van der Waals surface area contributed by atoms with E-state index in [1.807, 2.05) is 0 Å². The number of carboxylic acid groups (broad SMARTS) is 1.